The molecule has 0 fully saturated rings. The third-order valence-electron chi connectivity index (χ3n) is 4.41. The van der Waals surface area contributed by atoms with Crippen LogP contribution in [0.2, 0.25) is 5.02 Å². The zero-order chi connectivity index (χ0) is 18.3. The van der Waals surface area contributed by atoms with E-state index in [0.717, 1.165) is 28.9 Å². The van der Waals surface area contributed by atoms with Gasteiger partial charge in [0.25, 0.3) is 5.91 Å². The van der Waals surface area contributed by atoms with Crippen LogP contribution in [0.1, 0.15) is 21.6 Å². The van der Waals surface area contributed by atoms with Crippen LogP contribution in [0.15, 0.2) is 40.9 Å². The number of benzene rings is 2. The maximum atomic E-state index is 12.6. The van der Waals surface area contributed by atoms with Crippen molar-refractivity contribution in [3.8, 4) is 22.8 Å². The Morgan fingerprint density at radius 3 is 2.92 bits per heavy atom. The highest BCUT2D eigenvalue weighted by molar-refractivity contribution is 6.31. The van der Waals surface area contributed by atoms with E-state index >= 15 is 0 Å². The molecule has 0 unspecified atom stereocenters. The fraction of sp³-hybridized carbons (Fsp3) is 0.158. The number of methoxy groups -OCH3 is 1. The Labute approximate surface area is 154 Å². The molecule has 1 heterocycles. The highest BCUT2D eigenvalue weighted by atomic mass is 35.5. The third kappa shape index (κ3) is 2.78. The molecule has 2 N–H and O–H groups in total. The van der Waals surface area contributed by atoms with Gasteiger partial charge in [0.05, 0.1) is 12.8 Å². The van der Waals surface area contributed by atoms with Crippen molar-refractivity contribution in [3.63, 3.8) is 0 Å². The molecular weight excluding hydrogens is 356 g/mol. The Balaban J connectivity index is 1.67. The molecule has 1 aromatic heterocycles. The van der Waals surface area contributed by atoms with Crippen molar-refractivity contribution in [2.75, 3.05) is 12.4 Å². The maximum Gasteiger partial charge on any atom is 0.278 e. The molecule has 132 valence electrons. The first-order valence-corrected chi connectivity index (χ1v) is 8.40. The molecule has 6 nitrogen and oxygen atoms in total. The third-order valence-corrected chi connectivity index (χ3v) is 4.65. The predicted octanol–water partition coefficient (Wildman–Crippen LogP) is 4.06. The average Bonchev–Trinajstić information content (AvgIpc) is 3.08. The number of hydrogen-bond acceptors (Lipinski definition) is 5. The van der Waals surface area contributed by atoms with Gasteiger partial charge in [0.2, 0.25) is 0 Å². The molecule has 7 heteroatoms. The zero-order valence-corrected chi connectivity index (χ0v) is 14.6. The van der Waals surface area contributed by atoms with Crippen molar-refractivity contribution < 1.29 is 19.2 Å². The molecular formula is C19H15ClN2O4. The van der Waals surface area contributed by atoms with E-state index in [1.807, 2.05) is 18.2 Å². The van der Waals surface area contributed by atoms with E-state index in [1.54, 1.807) is 7.11 Å². The number of anilines is 1. The number of nitrogens with zero attached hydrogens (tertiary/aromatic N) is 1. The van der Waals surface area contributed by atoms with Crippen LogP contribution in [0, 0.1) is 0 Å². The SMILES string of the molecule is COc1ccc2c(c1)CCc1c(C(=O)Nc3cc(Cl)ccc3O)noc1-2. The molecule has 0 bridgehead atoms. The summed E-state index contributed by atoms with van der Waals surface area (Å²) < 4.78 is 10.7. The van der Waals surface area contributed by atoms with Gasteiger partial charge in [-0.05, 0) is 54.8 Å². The van der Waals surface area contributed by atoms with E-state index in [9.17, 15) is 9.90 Å². The summed E-state index contributed by atoms with van der Waals surface area (Å²) in [6.45, 7) is 0. The smallest absolute Gasteiger partial charge is 0.278 e. The van der Waals surface area contributed by atoms with Crippen LogP contribution in [0.5, 0.6) is 11.5 Å². The van der Waals surface area contributed by atoms with Crippen LogP contribution in [-0.2, 0) is 12.8 Å². The minimum Gasteiger partial charge on any atom is -0.506 e. The summed E-state index contributed by atoms with van der Waals surface area (Å²) in [6.07, 6.45) is 1.38. The number of aromatic nitrogens is 1. The predicted molar refractivity (Wildman–Crippen MR) is 97.0 cm³/mol. The molecule has 0 atom stereocenters. The Morgan fingerprint density at radius 2 is 2.12 bits per heavy atom. The number of amides is 1. The number of phenols is 1. The number of rotatable bonds is 3. The first kappa shape index (κ1) is 16.5. The summed E-state index contributed by atoms with van der Waals surface area (Å²) in [5, 5.41) is 16.9. The molecule has 0 radical (unpaired) electrons. The standard InChI is InChI=1S/C19H15ClN2O4/c1-25-12-4-6-13-10(8-12)2-5-14-17(22-26-18(13)14)19(24)21-15-9-11(20)3-7-16(15)23/h3-4,6-9,23H,2,5H2,1H3,(H,21,24). The Hall–Kier alpha value is -2.99. The number of aromatic hydroxyl groups is 1. The number of halogens is 1. The highest BCUT2D eigenvalue weighted by Gasteiger charge is 2.28. The molecule has 1 aliphatic rings. The molecule has 0 saturated carbocycles. The van der Waals surface area contributed by atoms with Crippen molar-refractivity contribution >= 4 is 23.2 Å². The van der Waals surface area contributed by atoms with E-state index in [4.69, 9.17) is 20.9 Å². The van der Waals surface area contributed by atoms with E-state index in [0.29, 0.717) is 17.2 Å². The summed E-state index contributed by atoms with van der Waals surface area (Å²) in [7, 11) is 1.62. The van der Waals surface area contributed by atoms with Crippen LogP contribution in [0.4, 0.5) is 5.69 Å². The van der Waals surface area contributed by atoms with Crippen LogP contribution in [-0.4, -0.2) is 23.3 Å². The normalized spacial score (nSPS) is 12.2. The van der Waals surface area contributed by atoms with E-state index in [-0.39, 0.29) is 17.1 Å². The Bertz CT molecular complexity index is 1010. The van der Waals surface area contributed by atoms with Crippen molar-refractivity contribution in [3.05, 3.63) is 58.2 Å². The summed E-state index contributed by atoms with van der Waals surface area (Å²) in [5.41, 5.74) is 3.18. The van der Waals surface area contributed by atoms with Gasteiger partial charge in [-0.3, -0.25) is 4.79 Å². The molecule has 2 aromatic carbocycles. The number of aryl methyl sites for hydroxylation is 1. The molecule has 3 aromatic rings. The highest BCUT2D eigenvalue weighted by Crippen LogP contribution is 2.37. The van der Waals surface area contributed by atoms with Gasteiger partial charge in [-0.1, -0.05) is 16.8 Å². The maximum absolute atomic E-state index is 12.6. The van der Waals surface area contributed by atoms with E-state index in [2.05, 4.69) is 10.5 Å². The van der Waals surface area contributed by atoms with Crippen molar-refractivity contribution in [1.29, 1.82) is 0 Å². The van der Waals surface area contributed by atoms with Crippen molar-refractivity contribution in [2.45, 2.75) is 12.8 Å². The molecule has 1 aliphatic carbocycles. The lowest BCUT2D eigenvalue weighted by Crippen LogP contribution is -2.16. The molecule has 0 saturated heterocycles. The second-order valence-electron chi connectivity index (χ2n) is 5.98. The number of ether oxygens (including phenoxy) is 1. The van der Waals surface area contributed by atoms with Gasteiger partial charge in [0.1, 0.15) is 11.5 Å². The lowest BCUT2D eigenvalue weighted by Gasteiger charge is -2.15. The second kappa shape index (κ2) is 6.38. The summed E-state index contributed by atoms with van der Waals surface area (Å²) in [4.78, 5) is 12.6. The van der Waals surface area contributed by atoms with Crippen LogP contribution in [0.25, 0.3) is 11.3 Å². The van der Waals surface area contributed by atoms with Gasteiger partial charge in [-0.25, -0.2) is 0 Å². The van der Waals surface area contributed by atoms with Gasteiger partial charge in [0.15, 0.2) is 11.5 Å². The minimum absolute atomic E-state index is 0.0717. The van der Waals surface area contributed by atoms with E-state index < -0.39 is 5.91 Å². The van der Waals surface area contributed by atoms with E-state index in [1.165, 1.54) is 18.2 Å². The van der Waals surface area contributed by atoms with Crippen molar-refractivity contribution in [2.24, 2.45) is 0 Å². The molecule has 0 aliphatic heterocycles. The van der Waals surface area contributed by atoms with Crippen LogP contribution >= 0.6 is 11.6 Å². The first-order chi connectivity index (χ1) is 12.6. The monoisotopic (exact) mass is 370 g/mol. The number of phenolic OH excluding ortho intramolecular Hbond substituents is 1. The summed E-state index contributed by atoms with van der Waals surface area (Å²) in [5.74, 6) is 0.845. The van der Waals surface area contributed by atoms with Gasteiger partial charge < -0.3 is 19.7 Å². The number of nitrogens with one attached hydrogen (secondary N) is 1. The van der Waals surface area contributed by atoms with Gasteiger partial charge in [-0.2, -0.15) is 0 Å². The fourth-order valence-corrected chi connectivity index (χ4v) is 3.28. The number of carbonyl (C=O) groups is 1. The lowest BCUT2D eigenvalue weighted by molar-refractivity contribution is 0.101. The zero-order valence-electron chi connectivity index (χ0n) is 13.9. The topological polar surface area (TPSA) is 84.6 Å². The minimum atomic E-state index is -0.454. The quantitative estimate of drug-likeness (QED) is 0.679. The van der Waals surface area contributed by atoms with Gasteiger partial charge in [-0.15, -0.1) is 0 Å². The van der Waals surface area contributed by atoms with Crippen LogP contribution in [0.3, 0.4) is 0 Å². The molecule has 26 heavy (non-hydrogen) atoms. The first-order valence-electron chi connectivity index (χ1n) is 8.02. The molecule has 4 rings (SSSR count). The number of hydrogen-bond donors (Lipinski definition) is 2. The number of fused-ring (bicyclic) bond motifs is 3. The second-order valence-corrected chi connectivity index (χ2v) is 6.41. The van der Waals surface area contributed by atoms with Crippen molar-refractivity contribution in [1.82, 2.24) is 5.16 Å². The van der Waals surface area contributed by atoms with Gasteiger partial charge >= 0.3 is 0 Å². The largest absolute Gasteiger partial charge is 0.506 e. The Morgan fingerprint density at radius 1 is 1.27 bits per heavy atom. The fourth-order valence-electron chi connectivity index (χ4n) is 3.11. The molecule has 1 amide bonds. The Kier molecular flexibility index (Phi) is 4.05. The molecule has 0 spiro atoms. The summed E-state index contributed by atoms with van der Waals surface area (Å²) in [6, 6.07) is 10.1. The number of carbonyl (C=O) groups excluding carboxylic acids is 1. The van der Waals surface area contributed by atoms with Gasteiger partial charge in [0, 0.05) is 16.1 Å². The van der Waals surface area contributed by atoms with Crippen LogP contribution < -0.4 is 10.1 Å². The lowest BCUT2D eigenvalue weighted by atomic mass is 9.89. The average molecular weight is 371 g/mol. The summed E-state index contributed by atoms with van der Waals surface area (Å²) >= 11 is 5.91.